The Morgan fingerprint density at radius 3 is 2.72 bits per heavy atom. The molecule has 0 amide bonds. The van der Waals surface area contributed by atoms with Crippen molar-refractivity contribution in [2.24, 2.45) is 5.73 Å². The van der Waals surface area contributed by atoms with Crippen LogP contribution in [0.5, 0.6) is 5.75 Å². The average molecular weight is 248 g/mol. The third-order valence-corrected chi connectivity index (χ3v) is 3.62. The fraction of sp³-hybridized carbons (Fsp3) is 0.600. The highest BCUT2D eigenvalue weighted by Crippen LogP contribution is 2.25. The van der Waals surface area contributed by atoms with Crippen LogP contribution in [0.2, 0.25) is 0 Å². The van der Waals surface area contributed by atoms with Gasteiger partial charge in [-0.15, -0.1) is 0 Å². The van der Waals surface area contributed by atoms with Crippen LogP contribution in [0.25, 0.3) is 0 Å². The zero-order valence-electron chi connectivity index (χ0n) is 11.3. The van der Waals surface area contributed by atoms with Crippen molar-refractivity contribution in [1.82, 2.24) is 4.90 Å². The zero-order valence-corrected chi connectivity index (χ0v) is 11.3. The Balaban J connectivity index is 1.87. The van der Waals surface area contributed by atoms with E-state index in [1.54, 1.807) is 0 Å². The summed E-state index contributed by atoms with van der Waals surface area (Å²) in [7, 11) is 0. The van der Waals surface area contributed by atoms with Gasteiger partial charge < -0.3 is 10.5 Å². The fourth-order valence-electron chi connectivity index (χ4n) is 2.43. The van der Waals surface area contributed by atoms with E-state index in [9.17, 15) is 0 Å². The van der Waals surface area contributed by atoms with Gasteiger partial charge in [-0.1, -0.05) is 25.1 Å². The highest BCUT2D eigenvalue weighted by atomic mass is 16.5. The SMILES string of the molecule is CC[C@@H](N)c1ccccc1OCCN1CCCC1. The first kappa shape index (κ1) is 13.4. The molecule has 1 atom stereocenters. The topological polar surface area (TPSA) is 38.5 Å². The first-order valence-corrected chi connectivity index (χ1v) is 7.01. The van der Waals surface area contributed by atoms with E-state index in [4.69, 9.17) is 10.5 Å². The van der Waals surface area contributed by atoms with Crippen LogP contribution in [-0.2, 0) is 0 Å². The molecule has 1 saturated heterocycles. The molecular weight excluding hydrogens is 224 g/mol. The molecule has 1 aliphatic rings. The summed E-state index contributed by atoms with van der Waals surface area (Å²) in [5.41, 5.74) is 7.22. The molecule has 1 fully saturated rings. The third kappa shape index (κ3) is 3.47. The minimum atomic E-state index is 0.0768. The number of likely N-dealkylation sites (tertiary alicyclic amines) is 1. The zero-order chi connectivity index (χ0) is 12.8. The fourth-order valence-corrected chi connectivity index (χ4v) is 2.43. The van der Waals surface area contributed by atoms with Gasteiger partial charge in [0, 0.05) is 18.2 Å². The van der Waals surface area contributed by atoms with Crippen molar-refractivity contribution in [3.63, 3.8) is 0 Å². The van der Waals surface area contributed by atoms with E-state index in [1.807, 2.05) is 18.2 Å². The van der Waals surface area contributed by atoms with Crippen LogP contribution in [0, 0.1) is 0 Å². The van der Waals surface area contributed by atoms with Gasteiger partial charge in [0.15, 0.2) is 0 Å². The monoisotopic (exact) mass is 248 g/mol. The first-order valence-electron chi connectivity index (χ1n) is 7.01. The molecule has 0 bridgehead atoms. The van der Waals surface area contributed by atoms with E-state index in [-0.39, 0.29) is 6.04 Å². The number of benzene rings is 1. The Morgan fingerprint density at radius 2 is 2.00 bits per heavy atom. The number of nitrogens with two attached hydrogens (primary N) is 1. The average Bonchev–Trinajstić information content (AvgIpc) is 2.92. The maximum absolute atomic E-state index is 6.10. The number of para-hydroxylation sites is 1. The molecule has 100 valence electrons. The molecule has 1 aromatic rings. The number of rotatable bonds is 6. The molecule has 2 rings (SSSR count). The quantitative estimate of drug-likeness (QED) is 0.841. The lowest BCUT2D eigenvalue weighted by molar-refractivity contribution is 0.235. The predicted molar refractivity (Wildman–Crippen MR) is 74.8 cm³/mol. The number of hydrogen-bond acceptors (Lipinski definition) is 3. The molecule has 0 saturated carbocycles. The molecule has 18 heavy (non-hydrogen) atoms. The van der Waals surface area contributed by atoms with Crippen molar-refractivity contribution in [2.75, 3.05) is 26.2 Å². The number of hydrogen-bond donors (Lipinski definition) is 1. The molecule has 0 spiro atoms. The van der Waals surface area contributed by atoms with Crippen LogP contribution in [0.15, 0.2) is 24.3 Å². The van der Waals surface area contributed by atoms with E-state index in [1.165, 1.54) is 25.9 Å². The third-order valence-electron chi connectivity index (χ3n) is 3.62. The largest absolute Gasteiger partial charge is 0.492 e. The van der Waals surface area contributed by atoms with Crippen molar-refractivity contribution in [3.8, 4) is 5.75 Å². The summed E-state index contributed by atoms with van der Waals surface area (Å²) in [6.07, 6.45) is 3.60. The van der Waals surface area contributed by atoms with Crippen molar-refractivity contribution in [2.45, 2.75) is 32.2 Å². The Labute approximate surface area is 110 Å². The van der Waals surface area contributed by atoms with Crippen LogP contribution < -0.4 is 10.5 Å². The summed E-state index contributed by atoms with van der Waals surface area (Å²) in [5, 5.41) is 0. The Hall–Kier alpha value is -1.06. The van der Waals surface area contributed by atoms with Crippen molar-refractivity contribution in [3.05, 3.63) is 29.8 Å². The van der Waals surface area contributed by atoms with Gasteiger partial charge in [0.2, 0.25) is 0 Å². The highest BCUT2D eigenvalue weighted by molar-refractivity contribution is 5.35. The minimum absolute atomic E-state index is 0.0768. The molecule has 1 aliphatic heterocycles. The molecule has 1 aromatic carbocycles. The summed E-state index contributed by atoms with van der Waals surface area (Å²) in [6.45, 7) is 6.33. The molecule has 2 N–H and O–H groups in total. The standard InChI is InChI=1S/C15H24N2O/c1-2-14(16)13-7-3-4-8-15(13)18-12-11-17-9-5-6-10-17/h3-4,7-8,14H,2,5-6,9-12,16H2,1H3/t14-/m1/s1. The Bertz CT molecular complexity index is 361. The second-order valence-electron chi connectivity index (χ2n) is 4.95. The van der Waals surface area contributed by atoms with E-state index >= 15 is 0 Å². The molecule has 0 radical (unpaired) electrons. The molecule has 3 nitrogen and oxygen atoms in total. The van der Waals surface area contributed by atoms with Gasteiger partial charge in [0.25, 0.3) is 0 Å². The molecule has 0 aliphatic carbocycles. The van der Waals surface area contributed by atoms with Crippen molar-refractivity contribution >= 4 is 0 Å². The van der Waals surface area contributed by atoms with Gasteiger partial charge in [0.1, 0.15) is 12.4 Å². The molecule has 0 unspecified atom stereocenters. The van der Waals surface area contributed by atoms with Crippen LogP contribution in [0.1, 0.15) is 37.8 Å². The molecule has 0 aromatic heterocycles. The maximum Gasteiger partial charge on any atom is 0.124 e. The normalized spacial score (nSPS) is 17.9. The molecule has 1 heterocycles. The number of nitrogens with zero attached hydrogens (tertiary/aromatic N) is 1. The van der Waals surface area contributed by atoms with E-state index in [0.717, 1.165) is 30.9 Å². The second kappa shape index (κ2) is 6.76. The van der Waals surface area contributed by atoms with Crippen LogP contribution in [-0.4, -0.2) is 31.1 Å². The highest BCUT2D eigenvalue weighted by Gasteiger charge is 2.12. The van der Waals surface area contributed by atoms with Gasteiger partial charge in [-0.25, -0.2) is 0 Å². The molecular formula is C15H24N2O. The van der Waals surface area contributed by atoms with Gasteiger partial charge in [-0.05, 0) is 38.4 Å². The van der Waals surface area contributed by atoms with Gasteiger partial charge in [-0.2, -0.15) is 0 Å². The van der Waals surface area contributed by atoms with E-state index in [0.29, 0.717) is 0 Å². The van der Waals surface area contributed by atoms with Crippen LogP contribution >= 0.6 is 0 Å². The van der Waals surface area contributed by atoms with Gasteiger partial charge >= 0.3 is 0 Å². The van der Waals surface area contributed by atoms with Gasteiger partial charge in [-0.3, -0.25) is 4.90 Å². The Morgan fingerprint density at radius 1 is 1.28 bits per heavy atom. The molecule has 3 heteroatoms. The number of ether oxygens (including phenoxy) is 1. The summed E-state index contributed by atoms with van der Waals surface area (Å²) < 4.78 is 5.90. The summed E-state index contributed by atoms with van der Waals surface area (Å²) in [5.74, 6) is 0.950. The van der Waals surface area contributed by atoms with Crippen LogP contribution in [0.4, 0.5) is 0 Å². The summed E-state index contributed by atoms with van der Waals surface area (Å²) in [4.78, 5) is 2.46. The van der Waals surface area contributed by atoms with E-state index < -0.39 is 0 Å². The summed E-state index contributed by atoms with van der Waals surface area (Å²) in [6, 6.07) is 8.21. The second-order valence-corrected chi connectivity index (χ2v) is 4.95. The van der Waals surface area contributed by atoms with Gasteiger partial charge in [0.05, 0.1) is 0 Å². The van der Waals surface area contributed by atoms with Crippen molar-refractivity contribution < 1.29 is 4.74 Å². The van der Waals surface area contributed by atoms with Crippen molar-refractivity contribution in [1.29, 1.82) is 0 Å². The lowest BCUT2D eigenvalue weighted by Gasteiger charge is -2.18. The maximum atomic E-state index is 6.10. The Kier molecular flexibility index (Phi) is 5.02. The lowest BCUT2D eigenvalue weighted by Crippen LogP contribution is -2.25. The van der Waals surface area contributed by atoms with E-state index in [2.05, 4.69) is 17.9 Å². The predicted octanol–water partition coefficient (Wildman–Crippen LogP) is 2.57. The summed E-state index contributed by atoms with van der Waals surface area (Å²) >= 11 is 0. The smallest absolute Gasteiger partial charge is 0.124 e. The lowest BCUT2D eigenvalue weighted by atomic mass is 10.0. The first-order chi connectivity index (χ1) is 8.81. The minimum Gasteiger partial charge on any atom is -0.492 e. The van der Waals surface area contributed by atoms with Crippen LogP contribution in [0.3, 0.4) is 0 Å².